The quantitative estimate of drug-likeness (QED) is 0.301. The number of nitrogens with one attached hydrogen (secondary N) is 2. The highest BCUT2D eigenvalue weighted by Gasteiger charge is 2.22. The molecule has 0 aliphatic heterocycles. The van der Waals surface area contributed by atoms with E-state index in [1.54, 1.807) is 26.2 Å². The topological polar surface area (TPSA) is 73.8 Å². The standard InChI is InChI=1S/C22H32N4O2S.HI/c1-17(2)26(5)29(27,28)21-13-11-19(12-14-21)16-25-22(23-4)24-15-18(3)20-9-7-6-8-10-20;/h6-14,17-18H,15-16H2,1-5H3,(H2,23,24,25);1H. The summed E-state index contributed by atoms with van der Waals surface area (Å²) in [5, 5.41) is 6.61. The molecule has 0 heterocycles. The number of rotatable bonds is 8. The summed E-state index contributed by atoms with van der Waals surface area (Å²) in [6, 6.07) is 17.2. The van der Waals surface area contributed by atoms with Crippen LogP contribution >= 0.6 is 24.0 Å². The Morgan fingerprint density at radius 3 is 2.13 bits per heavy atom. The minimum atomic E-state index is -3.46. The molecule has 0 bridgehead atoms. The Hall–Kier alpha value is -1.65. The molecule has 30 heavy (non-hydrogen) atoms. The van der Waals surface area contributed by atoms with Gasteiger partial charge >= 0.3 is 0 Å². The van der Waals surface area contributed by atoms with E-state index in [1.165, 1.54) is 9.87 Å². The van der Waals surface area contributed by atoms with E-state index in [1.807, 2.05) is 44.2 Å². The largest absolute Gasteiger partial charge is 0.356 e. The van der Waals surface area contributed by atoms with Crippen LogP contribution in [0.1, 0.15) is 37.8 Å². The number of halogens is 1. The summed E-state index contributed by atoms with van der Waals surface area (Å²) in [4.78, 5) is 4.56. The maximum atomic E-state index is 12.5. The Morgan fingerprint density at radius 1 is 1.00 bits per heavy atom. The molecule has 0 aliphatic rings. The third kappa shape index (κ3) is 7.24. The molecular weight excluding hydrogens is 511 g/mol. The number of hydrogen-bond acceptors (Lipinski definition) is 3. The second-order valence-corrected chi connectivity index (χ2v) is 9.37. The van der Waals surface area contributed by atoms with Gasteiger partial charge in [-0.05, 0) is 43.0 Å². The van der Waals surface area contributed by atoms with Gasteiger partial charge in [-0.2, -0.15) is 4.31 Å². The molecule has 0 radical (unpaired) electrons. The first-order valence-electron chi connectivity index (χ1n) is 9.82. The Bertz CT molecular complexity index is 900. The van der Waals surface area contributed by atoms with Gasteiger partial charge in [-0.3, -0.25) is 4.99 Å². The molecule has 2 N–H and O–H groups in total. The zero-order valence-corrected chi connectivity index (χ0v) is 21.4. The van der Waals surface area contributed by atoms with Crippen LogP contribution in [0.15, 0.2) is 64.5 Å². The fourth-order valence-electron chi connectivity index (χ4n) is 2.78. The molecule has 6 nitrogen and oxygen atoms in total. The van der Waals surface area contributed by atoms with Crippen LogP contribution in [0.2, 0.25) is 0 Å². The number of nitrogens with zero attached hydrogens (tertiary/aromatic N) is 2. The zero-order valence-electron chi connectivity index (χ0n) is 18.3. The van der Waals surface area contributed by atoms with Crippen molar-refractivity contribution in [2.75, 3.05) is 20.6 Å². The smallest absolute Gasteiger partial charge is 0.243 e. The predicted molar refractivity (Wildman–Crippen MR) is 135 cm³/mol. The van der Waals surface area contributed by atoms with Crippen LogP contribution in [-0.2, 0) is 16.6 Å². The van der Waals surface area contributed by atoms with Crippen molar-refractivity contribution >= 4 is 40.0 Å². The second-order valence-electron chi connectivity index (χ2n) is 7.38. The van der Waals surface area contributed by atoms with E-state index in [2.05, 4.69) is 34.7 Å². The maximum Gasteiger partial charge on any atom is 0.243 e. The fraction of sp³-hybridized carbons (Fsp3) is 0.409. The van der Waals surface area contributed by atoms with Crippen molar-refractivity contribution in [1.82, 2.24) is 14.9 Å². The highest BCUT2D eigenvalue weighted by Crippen LogP contribution is 2.17. The summed E-state index contributed by atoms with van der Waals surface area (Å²) >= 11 is 0. The van der Waals surface area contributed by atoms with Crippen LogP contribution in [0.5, 0.6) is 0 Å². The minimum Gasteiger partial charge on any atom is -0.356 e. The molecule has 2 aromatic carbocycles. The number of benzene rings is 2. The van der Waals surface area contributed by atoms with Crippen LogP contribution < -0.4 is 10.6 Å². The van der Waals surface area contributed by atoms with Gasteiger partial charge in [0.05, 0.1) is 4.90 Å². The Balaban J connectivity index is 0.00000450. The Kier molecular flexibility index (Phi) is 10.8. The van der Waals surface area contributed by atoms with Crippen molar-refractivity contribution in [2.24, 2.45) is 4.99 Å². The van der Waals surface area contributed by atoms with Crippen LogP contribution in [0.25, 0.3) is 0 Å². The van der Waals surface area contributed by atoms with Crippen molar-refractivity contribution in [3.63, 3.8) is 0 Å². The fourth-order valence-corrected chi connectivity index (χ4v) is 4.15. The molecule has 1 unspecified atom stereocenters. The van der Waals surface area contributed by atoms with Gasteiger partial charge in [-0.15, -0.1) is 24.0 Å². The molecule has 0 saturated carbocycles. The summed E-state index contributed by atoms with van der Waals surface area (Å²) in [5.41, 5.74) is 2.26. The first-order chi connectivity index (χ1) is 13.8. The first-order valence-corrected chi connectivity index (χ1v) is 11.3. The third-order valence-corrected chi connectivity index (χ3v) is 7.00. The van der Waals surface area contributed by atoms with Crippen molar-refractivity contribution in [1.29, 1.82) is 0 Å². The minimum absolute atomic E-state index is 0. The van der Waals surface area contributed by atoms with Crippen LogP contribution in [0.3, 0.4) is 0 Å². The summed E-state index contributed by atoms with van der Waals surface area (Å²) < 4.78 is 26.5. The monoisotopic (exact) mass is 544 g/mol. The molecule has 0 fully saturated rings. The number of hydrogen-bond donors (Lipinski definition) is 2. The highest BCUT2D eigenvalue weighted by molar-refractivity contribution is 14.0. The van der Waals surface area contributed by atoms with Gasteiger partial charge in [-0.1, -0.05) is 49.4 Å². The van der Waals surface area contributed by atoms with Gasteiger partial charge in [0.2, 0.25) is 10.0 Å². The number of guanidine groups is 1. The molecule has 166 valence electrons. The molecule has 0 amide bonds. The Labute approximate surface area is 198 Å². The van der Waals surface area contributed by atoms with E-state index in [9.17, 15) is 8.42 Å². The predicted octanol–water partition coefficient (Wildman–Crippen LogP) is 3.80. The summed E-state index contributed by atoms with van der Waals surface area (Å²) in [5.74, 6) is 1.07. The molecule has 2 rings (SSSR count). The maximum absolute atomic E-state index is 12.5. The lowest BCUT2D eigenvalue weighted by Gasteiger charge is -2.21. The molecular formula is C22H33IN4O2S. The van der Waals surface area contributed by atoms with Crippen molar-refractivity contribution in [3.8, 4) is 0 Å². The summed E-state index contributed by atoms with van der Waals surface area (Å²) in [7, 11) is -0.124. The van der Waals surface area contributed by atoms with Gasteiger partial charge in [0, 0.05) is 33.2 Å². The average Bonchev–Trinajstić information content (AvgIpc) is 2.73. The van der Waals surface area contributed by atoms with Gasteiger partial charge in [0.25, 0.3) is 0 Å². The molecule has 8 heteroatoms. The van der Waals surface area contributed by atoms with E-state index < -0.39 is 10.0 Å². The highest BCUT2D eigenvalue weighted by atomic mass is 127. The SMILES string of the molecule is CN=C(NCc1ccc(S(=O)(=O)N(C)C(C)C)cc1)NCC(C)c1ccccc1.I. The zero-order chi connectivity index (χ0) is 21.4. The lowest BCUT2D eigenvalue weighted by atomic mass is 10.0. The lowest BCUT2D eigenvalue weighted by molar-refractivity contribution is 0.410. The van der Waals surface area contributed by atoms with E-state index >= 15 is 0 Å². The summed E-state index contributed by atoms with van der Waals surface area (Å²) in [6.45, 7) is 7.20. The van der Waals surface area contributed by atoms with E-state index in [4.69, 9.17) is 0 Å². The molecule has 0 spiro atoms. The van der Waals surface area contributed by atoms with Gasteiger partial charge in [-0.25, -0.2) is 8.42 Å². The number of sulfonamides is 1. The average molecular weight is 545 g/mol. The second kappa shape index (κ2) is 12.3. The molecule has 0 aromatic heterocycles. The van der Waals surface area contributed by atoms with Gasteiger partial charge in [0.15, 0.2) is 5.96 Å². The van der Waals surface area contributed by atoms with Crippen LogP contribution in [-0.4, -0.2) is 45.4 Å². The van der Waals surface area contributed by atoms with Gasteiger partial charge in [0.1, 0.15) is 0 Å². The molecule has 2 aromatic rings. The molecule has 1 atom stereocenters. The van der Waals surface area contributed by atoms with E-state index in [-0.39, 0.29) is 30.0 Å². The van der Waals surface area contributed by atoms with Crippen molar-refractivity contribution in [3.05, 3.63) is 65.7 Å². The third-order valence-electron chi connectivity index (χ3n) is 4.96. The van der Waals surface area contributed by atoms with Crippen molar-refractivity contribution in [2.45, 2.75) is 44.2 Å². The molecule has 0 saturated heterocycles. The van der Waals surface area contributed by atoms with Gasteiger partial charge < -0.3 is 10.6 Å². The Morgan fingerprint density at radius 2 is 1.60 bits per heavy atom. The summed E-state index contributed by atoms with van der Waals surface area (Å²) in [6.07, 6.45) is 0. The normalized spacial score (nSPS) is 13.1. The van der Waals surface area contributed by atoms with E-state index in [0.717, 1.165) is 12.1 Å². The first kappa shape index (κ1) is 26.4. The van der Waals surface area contributed by atoms with Crippen LogP contribution in [0, 0.1) is 0 Å². The van der Waals surface area contributed by atoms with Crippen molar-refractivity contribution < 1.29 is 8.42 Å². The van der Waals surface area contributed by atoms with Crippen LogP contribution in [0.4, 0.5) is 0 Å². The van der Waals surface area contributed by atoms with E-state index in [0.29, 0.717) is 23.3 Å². The molecule has 0 aliphatic carbocycles. The number of aliphatic imine (C=N–C) groups is 1. The lowest BCUT2D eigenvalue weighted by Crippen LogP contribution is -2.38.